The van der Waals surface area contributed by atoms with Crippen LogP contribution in [0.5, 0.6) is 5.75 Å². The van der Waals surface area contributed by atoms with Crippen molar-refractivity contribution < 1.29 is 17.9 Å². The van der Waals surface area contributed by atoms with E-state index < -0.39 is 10.0 Å². The number of sulfonamides is 1. The molecular weight excluding hydrogens is 438 g/mol. The zero-order valence-electron chi connectivity index (χ0n) is 17.8. The number of hydrogen-bond acceptors (Lipinski definition) is 5. The Balaban J connectivity index is 1.95. The van der Waals surface area contributed by atoms with E-state index in [1.54, 1.807) is 29.2 Å². The largest absolute Gasteiger partial charge is 0.492 e. The van der Waals surface area contributed by atoms with Crippen molar-refractivity contribution in [1.82, 2.24) is 9.80 Å². The predicted molar refractivity (Wildman–Crippen MR) is 122 cm³/mol. The molecule has 0 radical (unpaired) electrons. The number of amides is 1. The minimum Gasteiger partial charge on any atom is -0.492 e. The summed E-state index contributed by atoms with van der Waals surface area (Å²) >= 11 is 5.94. The van der Waals surface area contributed by atoms with E-state index in [9.17, 15) is 13.2 Å². The fraction of sp³-hybridized carbons (Fsp3) is 0.409. The molecule has 9 heteroatoms. The van der Waals surface area contributed by atoms with Gasteiger partial charge < -0.3 is 14.5 Å². The first-order chi connectivity index (χ1) is 14.9. The van der Waals surface area contributed by atoms with Crippen molar-refractivity contribution in [2.45, 2.75) is 18.7 Å². The maximum absolute atomic E-state index is 13.6. The van der Waals surface area contributed by atoms with Crippen molar-refractivity contribution in [3.05, 3.63) is 53.6 Å². The van der Waals surface area contributed by atoms with Crippen molar-refractivity contribution in [2.75, 3.05) is 50.2 Å². The first-order valence-corrected chi connectivity index (χ1v) is 12.2. The summed E-state index contributed by atoms with van der Waals surface area (Å²) in [5.74, 6) is 0.172. The van der Waals surface area contributed by atoms with Gasteiger partial charge in [0, 0.05) is 31.2 Å². The lowest BCUT2D eigenvalue weighted by molar-refractivity contribution is -0.131. The lowest BCUT2D eigenvalue weighted by Crippen LogP contribution is -2.51. The fourth-order valence-corrected chi connectivity index (χ4v) is 5.06. The van der Waals surface area contributed by atoms with Crippen molar-refractivity contribution in [3.8, 4) is 5.75 Å². The number of hydrogen-bond donors (Lipinski definition) is 0. The second kappa shape index (κ2) is 10.3. The molecule has 0 spiro atoms. The molecule has 2 aromatic carbocycles. The maximum atomic E-state index is 13.6. The third-order valence-corrected chi connectivity index (χ3v) is 7.31. The molecule has 0 saturated carbocycles. The first kappa shape index (κ1) is 23.4. The zero-order chi connectivity index (χ0) is 22.4. The molecule has 168 valence electrons. The van der Waals surface area contributed by atoms with Gasteiger partial charge in [-0.15, -0.1) is 0 Å². The molecule has 0 N–H and O–H groups in total. The van der Waals surface area contributed by atoms with E-state index in [0.717, 1.165) is 23.9 Å². The van der Waals surface area contributed by atoms with Gasteiger partial charge in [0.1, 0.15) is 12.3 Å². The minimum absolute atomic E-state index is 0.0619. The van der Waals surface area contributed by atoms with Crippen LogP contribution >= 0.6 is 11.6 Å². The summed E-state index contributed by atoms with van der Waals surface area (Å²) in [6.07, 6.45) is 0. The maximum Gasteiger partial charge on any atom is 0.264 e. The van der Waals surface area contributed by atoms with Crippen LogP contribution in [0.3, 0.4) is 0 Å². The SMILES string of the molecule is CCOc1ccccc1N(CC(=O)N1CCN(CC)CC1)S(=O)(=O)c1ccc(Cl)cc1. The molecule has 0 aromatic heterocycles. The van der Waals surface area contributed by atoms with E-state index in [-0.39, 0.29) is 17.3 Å². The lowest BCUT2D eigenvalue weighted by atomic mass is 10.2. The number of likely N-dealkylation sites (N-methyl/N-ethyl adjacent to an activating group) is 1. The van der Waals surface area contributed by atoms with Crippen LogP contribution in [0.15, 0.2) is 53.4 Å². The van der Waals surface area contributed by atoms with Crippen molar-refractivity contribution >= 4 is 33.2 Å². The third-order valence-electron chi connectivity index (χ3n) is 5.29. The van der Waals surface area contributed by atoms with Gasteiger partial charge in [0.25, 0.3) is 10.0 Å². The summed E-state index contributed by atoms with van der Waals surface area (Å²) in [5, 5.41) is 0.435. The van der Waals surface area contributed by atoms with Crippen LogP contribution in [0.1, 0.15) is 13.8 Å². The molecule has 0 aliphatic carbocycles. The summed E-state index contributed by atoms with van der Waals surface area (Å²) in [5.41, 5.74) is 0.333. The molecule has 31 heavy (non-hydrogen) atoms. The highest BCUT2D eigenvalue weighted by Crippen LogP contribution is 2.33. The van der Waals surface area contributed by atoms with Gasteiger partial charge in [0.15, 0.2) is 0 Å². The summed E-state index contributed by atoms with van der Waals surface area (Å²) in [6.45, 7) is 7.63. The van der Waals surface area contributed by atoms with Crippen LogP contribution in [-0.4, -0.2) is 70.0 Å². The number of para-hydroxylation sites is 2. The number of rotatable bonds is 8. The predicted octanol–water partition coefficient (Wildman–Crippen LogP) is 3.10. The quantitative estimate of drug-likeness (QED) is 0.599. The van der Waals surface area contributed by atoms with E-state index in [2.05, 4.69) is 11.8 Å². The van der Waals surface area contributed by atoms with E-state index in [1.807, 2.05) is 6.92 Å². The highest BCUT2D eigenvalue weighted by Gasteiger charge is 2.31. The molecular formula is C22H28ClN3O4S. The third kappa shape index (κ3) is 5.50. The van der Waals surface area contributed by atoms with E-state index in [1.165, 1.54) is 24.3 Å². The Bertz CT molecular complexity index is 990. The molecule has 0 atom stereocenters. The Morgan fingerprint density at radius 2 is 1.68 bits per heavy atom. The number of carbonyl (C=O) groups excluding carboxylic acids is 1. The van der Waals surface area contributed by atoms with E-state index in [4.69, 9.17) is 16.3 Å². The summed E-state index contributed by atoms with van der Waals surface area (Å²) < 4.78 is 33.9. The van der Waals surface area contributed by atoms with Gasteiger partial charge in [0.2, 0.25) is 5.91 Å². The van der Waals surface area contributed by atoms with Gasteiger partial charge >= 0.3 is 0 Å². The molecule has 1 fully saturated rings. The summed E-state index contributed by atoms with van der Waals surface area (Å²) in [7, 11) is -4.02. The number of ether oxygens (including phenoxy) is 1. The Morgan fingerprint density at radius 1 is 1.03 bits per heavy atom. The fourth-order valence-electron chi connectivity index (χ4n) is 3.51. The molecule has 1 saturated heterocycles. The van der Waals surface area contributed by atoms with Crippen molar-refractivity contribution in [1.29, 1.82) is 0 Å². The van der Waals surface area contributed by atoms with E-state index >= 15 is 0 Å². The average molecular weight is 466 g/mol. The Labute approximate surface area is 189 Å². The van der Waals surface area contributed by atoms with Gasteiger partial charge in [-0.05, 0) is 49.9 Å². The minimum atomic E-state index is -4.02. The van der Waals surface area contributed by atoms with Gasteiger partial charge in [-0.3, -0.25) is 9.10 Å². The van der Waals surface area contributed by atoms with E-state index in [0.29, 0.717) is 36.2 Å². The molecule has 3 rings (SSSR count). The topological polar surface area (TPSA) is 70.2 Å². The Hall–Kier alpha value is -2.29. The van der Waals surface area contributed by atoms with Crippen LogP contribution in [0.4, 0.5) is 5.69 Å². The molecule has 1 heterocycles. The number of piperazine rings is 1. The van der Waals surface area contributed by atoms with Crippen LogP contribution < -0.4 is 9.04 Å². The average Bonchev–Trinajstić information content (AvgIpc) is 2.78. The molecule has 1 aliphatic rings. The molecule has 2 aromatic rings. The van der Waals surface area contributed by atoms with Gasteiger partial charge in [0.05, 0.1) is 17.2 Å². The van der Waals surface area contributed by atoms with Crippen LogP contribution in [0.2, 0.25) is 5.02 Å². The number of carbonyl (C=O) groups is 1. The summed E-state index contributed by atoms with van der Waals surface area (Å²) in [6, 6.07) is 12.8. The summed E-state index contributed by atoms with van der Waals surface area (Å²) in [4.78, 5) is 17.2. The van der Waals surface area contributed by atoms with Crippen molar-refractivity contribution in [3.63, 3.8) is 0 Å². The smallest absolute Gasteiger partial charge is 0.264 e. The first-order valence-electron chi connectivity index (χ1n) is 10.4. The Kier molecular flexibility index (Phi) is 7.80. The zero-order valence-corrected chi connectivity index (χ0v) is 19.4. The molecule has 7 nitrogen and oxygen atoms in total. The van der Waals surface area contributed by atoms with Gasteiger partial charge in [-0.2, -0.15) is 0 Å². The van der Waals surface area contributed by atoms with Gasteiger partial charge in [-0.25, -0.2) is 8.42 Å². The molecule has 1 amide bonds. The highest BCUT2D eigenvalue weighted by molar-refractivity contribution is 7.92. The number of benzene rings is 2. The number of nitrogens with zero attached hydrogens (tertiary/aromatic N) is 3. The number of anilines is 1. The monoisotopic (exact) mass is 465 g/mol. The molecule has 0 bridgehead atoms. The van der Waals surface area contributed by atoms with Crippen LogP contribution in [0, 0.1) is 0 Å². The lowest BCUT2D eigenvalue weighted by Gasteiger charge is -2.35. The number of halogens is 1. The van der Waals surface area contributed by atoms with Gasteiger partial charge in [-0.1, -0.05) is 30.7 Å². The van der Waals surface area contributed by atoms with Crippen molar-refractivity contribution in [2.24, 2.45) is 0 Å². The second-order valence-corrected chi connectivity index (χ2v) is 9.48. The van der Waals surface area contributed by atoms with Crippen LogP contribution in [0.25, 0.3) is 0 Å². The molecule has 1 aliphatic heterocycles. The second-order valence-electron chi connectivity index (χ2n) is 7.18. The highest BCUT2D eigenvalue weighted by atomic mass is 35.5. The van der Waals surface area contributed by atoms with Crippen LogP contribution in [-0.2, 0) is 14.8 Å². The Morgan fingerprint density at radius 3 is 2.29 bits per heavy atom. The normalized spacial score (nSPS) is 15.0. The standard InChI is InChI=1S/C22H28ClN3O4S/c1-3-24-13-15-25(16-14-24)22(27)17-26(20-7-5-6-8-21(20)30-4-2)31(28,29)19-11-9-18(23)10-12-19/h5-12H,3-4,13-17H2,1-2H3. The molecule has 0 unspecified atom stereocenters.